The van der Waals surface area contributed by atoms with Crippen LogP contribution in [0.15, 0.2) is 41.5 Å². The molecule has 0 saturated carbocycles. The van der Waals surface area contributed by atoms with Crippen LogP contribution in [0.2, 0.25) is 0 Å². The first-order valence-corrected chi connectivity index (χ1v) is 9.22. The number of hydrogen-bond acceptors (Lipinski definition) is 5. The molecule has 0 atom stereocenters. The Morgan fingerprint density at radius 1 is 1.07 bits per heavy atom. The van der Waals surface area contributed by atoms with Gasteiger partial charge in [0.05, 0.1) is 46.6 Å². The van der Waals surface area contributed by atoms with Crippen molar-refractivity contribution in [3.63, 3.8) is 0 Å². The van der Waals surface area contributed by atoms with Crippen LogP contribution in [0.4, 0.5) is 0 Å². The molecule has 1 fully saturated rings. The minimum Gasteiger partial charge on any atom is -0.502 e. The van der Waals surface area contributed by atoms with E-state index in [2.05, 4.69) is 41.3 Å². The first kappa shape index (κ1) is 19.0. The molecule has 2 aromatic rings. The zero-order valence-corrected chi connectivity index (χ0v) is 16.2. The van der Waals surface area contributed by atoms with Gasteiger partial charge in [-0.2, -0.15) is 5.10 Å². The number of phenols is 1. The molecule has 1 aliphatic heterocycles. The molecule has 27 heavy (non-hydrogen) atoms. The summed E-state index contributed by atoms with van der Waals surface area (Å²) in [5, 5.41) is 16.7. The van der Waals surface area contributed by atoms with Gasteiger partial charge in [-0.15, -0.1) is 0 Å². The number of rotatable bonds is 6. The number of methoxy groups -OCH3 is 2. The maximum atomic E-state index is 9.99. The number of quaternary nitrogens is 1. The number of aromatic hydroxyl groups is 1. The maximum Gasteiger partial charge on any atom is 0.200 e. The van der Waals surface area contributed by atoms with Gasteiger partial charge in [-0.05, 0) is 19.1 Å². The van der Waals surface area contributed by atoms with Gasteiger partial charge in [0.2, 0.25) is 5.75 Å². The summed E-state index contributed by atoms with van der Waals surface area (Å²) in [5.41, 5.74) is 3.52. The third-order valence-corrected chi connectivity index (χ3v) is 4.89. The molecule has 144 valence electrons. The third-order valence-electron chi connectivity index (χ3n) is 4.89. The Balaban J connectivity index is 1.56. The van der Waals surface area contributed by atoms with Crippen LogP contribution in [0.3, 0.4) is 0 Å². The summed E-state index contributed by atoms with van der Waals surface area (Å²) < 4.78 is 10.4. The normalized spacial score (nSPS) is 15.3. The Kier molecular flexibility index (Phi) is 6.19. The van der Waals surface area contributed by atoms with E-state index >= 15 is 0 Å². The van der Waals surface area contributed by atoms with Gasteiger partial charge in [0, 0.05) is 11.1 Å². The van der Waals surface area contributed by atoms with E-state index in [1.807, 2.05) is 0 Å². The summed E-state index contributed by atoms with van der Waals surface area (Å²) >= 11 is 0. The van der Waals surface area contributed by atoms with Crippen molar-refractivity contribution in [2.45, 2.75) is 13.5 Å². The molecule has 0 unspecified atom stereocenters. The van der Waals surface area contributed by atoms with E-state index in [4.69, 9.17) is 9.47 Å². The van der Waals surface area contributed by atoms with Crippen molar-refractivity contribution in [2.75, 3.05) is 40.4 Å². The number of phenolic OH excluding ortho intramolecular Hbond substituents is 1. The lowest BCUT2D eigenvalue weighted by molar-refractivity contribution is -0.918. The van der Waals surface area contributed by atoms with Gasteiger partial charge >= 0.3 is 0 Å². The lowest BCUT2D eigenvalue weighted by atomic mass is 10.1. The van der Waals surface area contributed by atoms with Crippen molar-refractivity contribution in [3.05, 3.63) is 53.1 Å². The maximum absolute atomic E-state index is 9.99. The Labute approximate surface area is 160 Å². The van der Waals surface area contributed by atoms with Gasteiger partial charge in [0.15, 0.2) is 11.5 Å². The Hall–Kier alpha value is -2.73. The lowest BCUT2D eigenvalue weighted by Gasteiger charge is -2.30. The van der Waals surface area contributed by atoms with Crippen molar-refractivity contribution in [2.24, 2.45) is 5.10 Å². The first-order valence-electron chi connectivity index (χ1n) is 9.22. The van der Waals surface area contributed by atoms with E-state index in [-0.39, 0.29) is 5.75 Å². The van der Waals surface area contributed by atoms with Crippen molar-refractivity contribution < 1.29 is 19.5 Å². The van der Waals surface area contributed by atoms with Crippen LogP contribution in [0, 0.1) is 6.92 Å². The number of piperazine rings is 1. The van der Waals surface area contributed by atoms with E-state index in [1.54, 1.807) is 23.2 Å². The van der Waals surface area contributed by atoms with Crippen LogP contribution in [0.25, 0.3) is 0 Å². The molecule has 1 saturated heterocycles. The Bertz CT molecular complexity index is 757. The molecule has 1 aliphatic rings. The second kappa shape index (κ2) is 8.77. The molecule has 2 aromatic carbocycles. The zero-order chi connectivity index (χ0) is 19.2. The molecule has 0 spiro atoms. The third kappa shape index (κ3) is 4.92. The van der Waals surface area contributed by atoms with E-state index in [9.17, 15) is 5.11 Å². The minimum atomic E-state index is 0.00506. The summed E-state index contributed by atoms with van der Waals surface area (Å²) in [6.07, 6.45) is 1.79. The molecule has 1 heterocycles. The standard InChI is InChI=1S/C21H27N3O3/c1-16-4-6-17(7-5-16)15-23-8-10-24(11-9-23)22-14-18-12-19(26-2)21(25)20(13-18)27-3/h4-7,12-14,25H,8-11,15H2,1-3H3/p+1. The highest BCUT2D eigenvalue weighted by Crippen LogP contribution is 2.36. The number of nitrogens with zero attached hydrogens (tertiary/aromatic N) is 2. The predicted molar refractivity (Wildman–Crippen MR) is 106 cm³/mol. The molecular formula is C21H28N3O3+. The van der Waals surface area contributed by atoms with Crippen LogP contribution < -0.4 is 14.4 Å². The summed E-state index contributed by atoms with van der Waals surface area (Å²) in [7, 11) is 3.04. The van der Waals surface area contributed by atoms with E-state index in [0.717, 1.165) is 38.3 Å². The molecule has 2 N–H and O–H groups in total. The Morgan fingerprint density at radius 3 is 2.22 bits per heavy atom. The molecular weight excluding hydrogens is 342 g/mol. The highest BCUT2D eigenvalue weighted by atomic mass is 16.5. The highest BCUT2D eigenvalue weighted by molar-refractivity contribution is 5.82. The predicted octanol–water partition coefficient (Wildman–Crippen LogP) is 1.45. The van der Waals surface area contributed by atoms with Gasteiger partial charge in [-0.3, -0.25) is 5.01 Å². The zero-order valence-electron chi connectivity index (χ0n) is 16.2. The molecule has 0 bridgehead atoms. The van der Waals surface area contributed by atoms with Crippen molar-refractivity contribution in [3.8, 4) is 17.2 Å². The first-order chi connectivity index (χ1) is 13.1. The molecule has 0 aliphatic carbocycles. The van der Waals surface area contributed by atoms with Crippen LogP contribution in [-0.4, -0.2) is 56.7 Å². The topological polar surface area (TPSA) is 58.7 Å². The highest BCUT2D eigenvalue weighted by Gasteiger charge is 2.19. The second-order valence-corrected chi connectivity index (χ2v) is 6.88. The van der Waals surface area contributed by atoms with Gasteiger partial charge in [0.1, 0.15) is 6.54 Å². The van der Waals surface area contributed by atoms with Crippen molar-refractivity contribution in [1.82, 2.24) is 5.01 Å². The van der Waals surface area contributed by atoms with Crippen LogP contribution >= 0.6 is 0 Å². The number of hydrogen-bond donors (Lipinski definition) is 2. The quantitative estimate of drug-likeness (QED) is 0.756. The van der Waals surface area contributed by atoms with Gasteiger partial charge in [-0.1, -0.05) is 29.8 Å². The van der Waals surface area contributed by atoms with Gasteiger partial charge in [0.25, 0.3) is 0 Å². The van der Waals surface area contributed by atoms with Gasteiger partial charge in [-0.25, -0.2) is 0 Å². The molecule has 0 aromatic heterocycles. The summed E-state index contributed by atoms with van der Waals surface area (Å²) in [4.78, 5) is 1.58. The van der Waals surface area contributed by atoms with Gasteiger partial charge < -0.3 is 19.5 Å². The van der Waals surface area contributed by atoms with E-state index < -0.39 is 0 Å². The summed E-state index contributed by atoms with van der Waals surface area (Å²) in [6.45, 7) is 7.14. The average Bonchev–Trinajstić information content (AvgIpc) is 2.70. The molecule has 6 nitrogen and oxygen atoms in total. The van der Waals surface area contributed by atoms with E-state index in [0.29, 0.717) is 11.5 Å². The molecule has 0 amide bonds. The summed E-state index contributed by atoms with van der Waals surface area (Å²) in [6, 6.07) is 12.3. The number of benzene rings is 2. The second-order valence-electron chi connectivity index (χ2n) is 6.88. The number of ether oxygens (including phenoxy) is 2. The van der Waals surface area contributed by atoms with Crippen molar-refractivity contribution >= 4 is 6.21 Å². The fourth-order valence-corrected chi connectivity index (χ4v) is 3.23. The SMILES string of the molecule is COc1cc(C=NN2CC[NH+](Cc3ccc(C)cc3)CC2)cc(OC)c1O. The smallest absolute Gasteiger partial charge is 0.200 e. The molecule has 3 rings (SSSR count). The monoisotopic (exact) mass is 370 g/mol. The number of aryl methyl sites for hydroxylation is 1. The fraction of sp³-hybridized carbons (Fsp3) is 0.381. The van der Waals surface area contributed by atoms with E-state index in [1.165, 1.54) is 25.3 Å². The van der Waals surface area contributed by atoms with Crippen LogP contribution in [0.5, 0.6) is 17.2 Å². The van der Waals surface area contributed by atoms with Crippen LogP contribution in [0.1, 0.15) is 16.7 Å². The fourth-order valence-electron chi connectivity index (χ4n) is 3.23. The lowest BCUT2D eigenvalue weighted by Crippen LogP contribution is -3.13. The van der Waals surface area contributed by atoms with Crippen molar-refractivity contribution in [1.29, 1.82) is 0 Å². The minimum absolute atomic E-state index is 0.00506. The van der Waals surface area contributed by atoms with Crippen LogP contribution in [-0.2, 0) is 6.54 Å². The average molecular weight is 370 g/mol. The molecule has 6 heteroatoms. The largest absolute Gasteiger partial charge is 0.502 e. The Morgan fingerprint density at radius 2 is 1.67 bits per heavy atom. The molecule has 0 radical (unpaired) electrons. The number of hydrazone groups is 1. The number of nitrogens with one attached hydrogen (secondary N) is 1. The summed E-state index contributed by atoms with van der Waals surface area (Å²) in [5.74, 6) is 0.761.